The molecule has 7 nitrogen and oxygen atoms in total. The summed E-state index contributed by atoms with van der Waals surface area (Å²) in [6, 6.07) is 13.4. The summed E-state index contributed by atoms with van der Waals surface area (Å²) in [4.78, 5) is 22.0. The third-order valence-electron chi connectivity index (χ3n) is 4.06. The number of non-ortho nitro benzene ring substituents is 1. The summed E-state index contributed by atoms with van der Waals surface area (Å²) in [6.07, 6.45) is 6.32. The number of nitro groups is 1. The Morgan fingerprint density at radius 2 is 1.82 bits per heavy atom. The van der Waals surface area contributed by atoms with Crippen molar-refractivity contribution in [3.63, 3.8) is 0 Å². The van der Waals surface area contributed by atoms with Crippen LogP contribution in [-0.2, 0) is 11.2 Å². The molecule has 0 fully saturated rings. The summed E-state index contributed by atoms with van der Waals surface area (Å²) in [5.41, 5.74) is 3.97. The normalized spacial score (nSPS) is 10.8. The first-order valence-electron chi connectivity index (χ1n) is 9.36. The lowest BCUT2D eigenvalue weighted by atomic mass is 10.1. The molecule has 2 aromatic carbocycles. The molecule has 0 aliphatic carbocycles. The minimum atomic E-state index is -0.475. The Hall–Kier alpha value is -3.22. The van der Waals surface area contributed by atoms with E-state index >= 15 is 0 Å². The van der Waals surface area contributed by atoms with E-state index in [9.17, 15) is 14.9 Å². The summed E-state index contributed by atoms with van der Waals surface area (Å²) in [5, 5.41) is 14.6. The van der Waals surface area contributed by atoms with Crippen molar-refractivity contribution in [3.05, 3.63) is 69.8 Å². The van der Waals surface area contributed by atoms with Gasteiger partial charge in [0.05, 0.1) is 24.2 Å². The van der Waals surface area contributed by atoms with Crippen LogP contribution in [0.5, 0.6) is 5.75 Å². The van der Waals surface area contributed by atoms with Crippen LogP contribution in [-0.4, -0.2) is 23.7 Å². The van der Waals surface area contributed by atoms with Gasteiger partial charge in [0.1, 0.15) is 5.75 Å². The van der Waals surface area contributed by atoms with Gasteiger partial charge in [0, 0.05) is 12.1 Å². The first-order chi connectivity index (χ1) is 13.6. The number of benzene rings is 2. The molecule has 7 heteroatoms. The van der Waals surface area contributed by atoms with E-state index in [1.54, 1.807) is 18.3 Å². The minimum Gasteiger partial charge on any atom is -0.494 e. The van der Waals surface area contributed by atoms with Crippen LogP contribution < -0.4 is 10.2 Å². The highest BCUT2D eigenvalue weighted by Gasteiger charge is 2.06. The Balaban J connectivity index is 1.74. The topological polar surface area (TPSA) is 93.8 Å². The van der Waals surface area contributed by atoms with Crippen LogP contribution in [0.1, 0.15) is 43.7 Å². The van der Waals surface area contributed by atoms with Gasteiger partial charge in [-0.3, -0.25) is 14.9 Å². The van der Waals surface area contributed by atoms with Gasteiger partial charge in [0.15, 0.2) is 0 Å². The maximum absolute atomic E-state index is 11.9. The Morgan fingerprint density at radius 1 is 1.11 bits per heavy atom. The summed E-state index contributed by atoms with van der Waals surface area (Å²) in [5.74, 6) is 0.521. The van der Waals surface area contributed by atoms with Crippen LogP contribution in [0.25, 0.3) is 0 Å². The molecule has 0 aliphatic rings. The zero-order valence-corrected chi connectivity index (χ0v) is 16.0. The third-order valence-corrected chi connectivity index (χ3v) is 4.06. The SMILES string of the molecule is CCCCCCOc1ccc(/C=N\NC(=O)Cc2ccc([N+](=O)[O-])cc2)cc1. The molecule has 0 bridgehead atoms. The predicted octanol–water partition coefficient (Wildman–Crippen LogP) is 4.25. The number of nitro benzene ring substituents is 1. The average Bonchev–Trinajstić information content (AvgIpc) is 2.69. The smallest absolute Gasteiger partial charge is 0.269 e. The van der Waals surface area contributed by atoms with E-state index in [0.29, 0.717) is 12.2 Å². The second kappa shape index (κ2) is 11.5. The number of carbonyl (C=O) groups excluding carboxylic acids is 1. The highest BCUT2D eigenvalue weighted by molar-refractivity contribution is 5.83. The fourth-order valence-corrected chi connectivity index (χ4v) is 2.51. The Kier molecular flexibility index (Phi) is 8.65. The molecule has 0 unspecified atom stereocenters. The van der Waals surface area contributed by atoms with Gasteiger partial charge in [0.25, 0.3) is 5.69 Å². The number of rotatable bonds is 11. The average molecular weight is 383 g/mol. The van der Waals surface area contributed by atoms with Gasteiger partial charge in [-0.1, -0.05) is 38.3 Å². The predicted molar refractivity (Wildman–Crippen MR) is 109 cm³/mol. The van der Waals surface area contributed by atoms with Crippen LogP contribution in [0.4, 0.5) is 5.69 Å². The molecule has 1 amide bonds. The molecule has 2 aromatic rings. The molecule has 0 saturated carbocycles. The van der Waals surface area contributed by atoms with E-state index in [4.69, 9.17) is 4.74 Å². The molecular formula is C21H25N3O4. The van der Waals surface area contributed by atoms with E-state index < -0.39 is 4.92 Å². The summed E-state index contributed by atoms with van der Waals surface area (Å²) >= 11 is 0. The Morgan fingerprint density at radius 3 is 2.46 bits per heavy atom. The van der Waals surface area contributed by atoms with Crippen LogP contribution in [0.15, 0.2) is 53.6 Å². The second-order valence-electron chi connectivity index (χ2n) is 6.37. The summed E-state index contributed by atoms with van der Waals surface area (Å²) in [7, 11) is 0. The largest absolute Gasteiger partial charge is 0.494 e. The molecule has 148 valence electrons. The number of carbonyl (C=O) groups is 1. The Bertz CT molecular complexity index is 786. The first kappa shape index (κ1) is 21.1. The molecule has 0 aliphatic heterocycles. The van der Waals surface area contributed by atoms with Crippen molar-refractivity contribution in [2.24, 2.45) is 5.10 Å². The molecule has 0 spiro atoms. The van der Waals surface area contributed by atoms with Crippen molar-refractivity contribution in [1.29, 1.82) is 0 Å². The van der Waals surface area contributed by atoms with Crippen molar-refractivity contribution >= 4 is 17.8 Å². The van der Waals surface area contributed by atoms with Gasteiger partial charge >= 0.3 is 0 Å². The molecule has 1 N–H and O–H groups in total. The highest BCUT2D eigenvalue weighted by Crippen LogP contribution is 2.13. The monoisotopic (exact) mass is 383 g/mol. The molecule has 0 radical (unpaired) electrons. The number of hydrazone groups is 1. The molecule has 0 aromatic heterocycles. The zero-order valence-electron chi connectivity index (χ0n) is 16.0. The van der Waals surface area contributed by atoms with E-state index in [1.807, 2.05) is 24.3 Å². The third kappa shape index (κ3) is 7.57. The number of unbranched alkanes of at least 4 members (excludes halogenated alkanes) is 3. The van der Waals surface area contributed by atoms with Gasteiger partial charge in [-0.25, -0.2) is 5.43 Å². The highest BCUT2D eigenvalue weighted by atomic mass is 16.6. The van der Waals surface area contributed by atoms with Crippen LogP contribution in [0, 0.1) is 10.1 Å². The molecule has 0 heterocycles. The maximum Gasteiger partial charge on any atom is 0.269 e. The van der Waals surface area contributed by atoms with Crippen molar-refractivity contribution in [2.75, 3.05) is 6.61 Å². The standard InChI is InChI=1S/C21H25N3O4/c1-2-3-4-5-14-28-20-12-8-18(9-13-20)16-22-23-21(25)15-17-6-10-19(11-7-17)24(26)27/h6-13,16H,2-5,14-15H2,1H3,(H,23,25)/b22-16-. The second-order valence-corrected chi connectivity index (χ2v) is 6.37. The molecule has 0 saturated heterocycles. The van der Waals surface area contributed by atoms with Gasteiger partial charge < -0.3 is 4.74 Å². The van der Waals surface area contributed by atoms with Gasteiger partial charge in [-0.2, -0.15) is 5.10 Å². The maximum atomic E-state index is 11.9. The van der Waals surface area contributed by atoms with Crippen LogP contribution >= 0.6 is 0 Å². The van der Waals surface area contributed by atoms with Crippen molar-refractivity contribution in [2.45, 2.75) is 39.0 Å². The lowest BCUT2D eigenvalue weighted by Crippen LogP contribution is -2.19. The van der Waals surface area contributed by atoms with Crippen LogP contribution in [0.3, 0.4) is 0 Å². The van der Waals surface area contributed by atoms with E-state index in [2.05, 4.69) is 17.5 Å². The quantitative estimate of drug-likeness (QED) is 0.272. The fourth-order valence-electron chi connectivity index (χ4n) is 2.51. The molecular weight excluding hydrogens is 358 g/mol. The van der Waals surface area contributed by atoms with Crippen molar-refractivity contribution < 1.29 is 14.5 Å². The lowest BCUT2D eigenvalue weighted by molar-refractivity contribution is -0.384. The number of nitrogens with one attached hydrogen (secondary N) is 1. The number of nitrogens with zero attached hydrogens (tertiary/aromatic N) is 2. The van der Waals surface area contributed by atoms with Gasteiger partial charge in [0.2, 0.25) is 5.91 Å². The molecule has 2 rings (SSSR count). The number of amides is 1. The minimum absolute atomic E-state index is 0.00411. The number of ether oxygens (including phenoxy) is 1. The van der Waals surface area contributed by atoms with Crippen molar-refractivity contribution in [3.8, 4) is 5.75 Å². The van der Waals surface area contributed by atoms with Gasteiger partial charge in [-0.05, 0) is 41.8 Å². The van der Waals surface area contributed by atoms with Crippen LogP contribution in [0.2, 0.25) is 0 Å². The van der Waals surface area contributed by atoms with E-state index in [0.717, 1.165) is 17.7 Å². The van der Waals surface area contributed by atoms with E-state index in [1.165, 1.54) is 31.4 Å². The molecule has 0 atom stereocenters. The zero-order chi connectivity index (χ0) is 20.2. The van der Waals surface area contributed by atoms with Gasteiger partial charge in [-0.15, -0.1) is 0 Å². The van der Waals surface area contributed by atoms with E-state index in [-0.39, 0.29) is 18.0 Å². The Labute approximate surface area is 164 Å². The molecule has 28 heavy (non-hydrogen) atoms. The fraction of sp³-hybridized carbons (Fsp3) is 0.333. The lowest BCUT2D eigenvalue weighted by Gasteiger charge is -2.06. The number of hydrogen-bond donors (Lipinski definition) is 1. The number of hydrogen-bond acceptors (Lipinski definition) is 5. The first-order valence-corrected chi connectivity index (χ1v) is 9.36. The van der Waals surface area contributed by atoms with Crippen molar-refractivity contribution in [1.82, 2.24) is 5.43 Å². The summed E-state index contributed by atoms with van der Waals surface area (Å²) < 4.78 is 5.68. The summed E-state index contributed by atoms with van der Waals surface area (Å²) in [6.45, 7) is 2.89.